The minimum absolute atomic E-state index is 0.0505. The quantitative estimate of drug-likeness (QED) is 0.786. The monoisotopic (exact) mass is 228 g/mol. The Bertz CT molecular complexity index is 383. The average molecular weight is 228 g/mol. The Morgan fingerprint density at radius 3 is 2.35 bits per heavy atom. The Morgan fingerprint density at radius 2 is 1.88 bits per heavy atom. The maximum Gasteiger partial charge on any atom is 0.220 e. The van der Waals surface area contributed by atoms with E-state index in [0.717, 1.165) is 31.5 Å². The third kappa shape index (κ3) is 2.81. The van der Waals surface area contributed by atoms with Crippen molar-refractivity contribution in [2.24, 2.45) is 11.7 Å². The van der Waals surface area contributed by atoms with E-state index in [0.29, 0.717) is 6.32 Å². The zero-order chi connectivity index (χ0) is 12.3. The summed E-state index contributed by atoms with van der Waals surface area (Å²) in [7, 11) is 5.56. The van der Waals surface area contributed by atoms with Crippen LogP contribution in [-0.4, -0.2) is 26.8 Å². The number of rotatable bonds is 3. The summed E-state index contributed by atoms with van der Waals surface area (Å²) in [6.45, 7) is 1.80. The number of benzene rings is 1. The van der Waals surface area contributed by atoms with Crippen LogP contribution in [0.15, 0.2) is 24.3 Å². The van der Waals surface area contributed by atoms with Crippen LogP contribution in [0.25, 0.3) is 0 Å². The highest BCUT2D eigenvalue weighted by Crippen LogP contribution is 2.23. The fourth-order valence-electron chi connectivity index (χ4n) is 2.27. The molecule has 1 aromatic carbocycles. The molecule has 1 saturated heterocycles. The molecule has 1 aliphatic heterocycles. The van der Waals surface area contributed by atoms with Crippen LogP contribution in [0.3, 0.4) is 0 Å². The van der Waals surface area contributed by atoms with Crippen molar-refractivity contribution in [2.45, 2.75) is 19.2 Å². The smallest absolute Gasteiger partial charge is 0.220 e. The first-order valence-electron chi connectivity index (χ1n) is 6.04. The second-order valence-corrected chi connectivity index (χ2v) is 4.53. The summed E-state index contributed by atoms with van der Waals surface area (Å²) in [6, 6.07) is 8.28. The number of nitrogens with two attached hydrogens (primary N) is 1. The van der Waals surface area contributed by atoms with E-state index in [2.05, 4.69) is 29.2 Å². The van der Waals surface area contributed by atoms with Crippen LogP contribution in [0, 0.1) is 5.92 Å². The molecule has 0 aromatic heterocycles. The molecular formula is C13H17BN2O. The molecule has 0 aliphatic carbocycles. The Labute approximate surface area is 103 Å². The summed E-state index contributed by atoms with van der Waals surface area (Å²) in [5.74, 6) is -0.113. The molecule has 17 heavy (non-hydrogen) atoms. The first-order valence-corrected chi connectivity index (χ1v) is 6.04. The van der Waals surface area contributed by atoms with Crippen LogP contribution in [0.4, 0.5) is 5.69 Å². The number of anilines is 1. The standard InChI is InChI=1S/C13H17BN2O/c14-9-10-1-3-12(4-2-10)16-7-5-11(6-8-16)13(15)17/h1-4,11H,5-9H2,(H2,15,17). The molecule has 2 rings (SSSR count). The Balaban J connectivity index is 1.97. The third-order valence-corrected chi connectivity index (χ3v) is 3.43. The number of hydrogen-bond donors (Lipinski definition) is 1. The van der Waals surface area contributed by atoms with Gasteiger partial charge in [-0.2, -0.15) is 0 Å². The molecule has 0 spiro atoms. The van der Waals surface area contributed by atoms with E-state index in [1.54, 1.807) is 0 Å². The van der Waals surface area contributed by atoms with Gasteiger partial charge in [0.2, 0.25) is 5.91 Å². The van der Waals surface area contributed by atoms with Gasteiger partial charge in [-0.05, 0) is 25.0 Å². The number of primary amides is 1. The molecule has 1 amide bonds. The topological polar surface area (TPSA) is 46.3 Å². The predicted molar refractivity (Wildman–Crippen MR) is 70.0 cm³/mol. The molecule has 0 bridgehead atoms. The van der Waals surface area contributed by atoms with Gasteiger partial charge >= 0.3 is 0 Å². The highest BCUT2D eigenvalue weighted by Gasteiger charge is 2.22. The van der Waals surface area contributed by atoms with Gasteiger partial charge in [0, 0.05) is 24.7 Å². The summed E-state index contributed by atoms with van der Waals surface area (Å²) in [4.78, 5) is 13.4. The molecule has 0 unspecified atom stereocenters. The number of carbonyl (C=O) groups is 1. The van der Waals surface area contributed by atoms with Gasteiger partial charge in [-0.25, -0.2) is 0 Å². The molecule has 3 nitrogen and oxygen atoms in total. The van der Waals surface area contributed by atoms with Crippen molar-refractivity contribution in [3.8, 4) is 0 Å². The molecular weight excluding hydrogens is 211 g/mol. The number of hydrogen-bond acceptors (Lipinski definition) is 2. The van der Waals surface area contributed by atoms with Crippen LogP contribution in [0.2, 0.25) is 0 Å². The maximum atomic E-state index is 11.1. The summed E-state index contributed by atoms with van der Waals surface area (Å²) >= 11 is 0. The molecule has 1 fully saturated rings. The van der Waals surface area contributed by atoms with E-state index in [-0.39, 0.29) is 11.8 Å². The van der Waals surface area contributed by atoms with Gasteiger partial charge in [0.15, 0.2) is 0 Å². The zero-order valence-corrected chi connectivity index (χ0v) is 9.93. The van der Waals surface area contributed by atoms with Crippen molar-refractivity contribution in [1.82, 2.24) is 0 Å². The fourth-order valence-corrected chi connectivity index (χ4v) is 2.27. The lowest BCUT2D eigenvalue weighted by molar-refractivity contribution is -0.122. The number of piperidine rings is 1. The molecule has 2 N–H and O–H groups in total. The molecule has 4 heteroatoms. The molecule has 0 saturated carbocycles. The van der Waals surface area contributed by atoms with Gasteiger partial charge in [-0.1, -0.05) is 24.0 Å². The first-order chi connectivity index (χ1) is 8.20. The lowest BCUT2D eigenvalue weighted by Crippen LogP contribution is -2.38. The first kappa shape index (κ1) is 12.0. The summed E-state index contributed by atoms with van der Waals surface area (Å²) in [6.07, 6.45) is 2.28. The molecule has 1 aromatic rings. The number of nitrogens with zero attached hydrogens (tertiary/aromatic N) is 1. The normalized spacial score (nSPS) is 17.1. The zero-order valence-electron chi connectivity index (χ0n) is 9.93. The highest BCUT2D eigenvalue weighted by molar-refractivity contribution is 6.08. The largest absolute Gasteiger partial charge is 0.371 e. The van der Waals surface area contributed by atoms with E-state index < -0.39 is 0 Å². The van der Waals surface area contributed by atoms with Crippen LogP contribution in [0.1, 0.15) is 18.4 Å². The van der Waals surface area contributed by atoms with Crippen molar-refractivity contribution in [3.63, 3.8) is 0 Å². The highest BCUT2D eigenvalue weighted by atomic mass is 16.1. The molecule has 1 aliphatic rings. The van der Waals surface area contributed by atoms with E-state index >= 15 is 0 Å². The maximum absolute atomic E-state index is 11.1. The van der Waals surface area contributed by atoms with Crippen molar-refractivity contribution >= 4 is 19.4 Å². The minimum atomic E-state index is -0.164. The van der Waals surface area contributed by atoms with E-state index in [4.69, 9.17) is 13.6 Å². The van der Waals surface area contributed by atoms with Crippen molar-refractivity contribution < 1.29 is 4.79 Å². The lowest BCUT2D eigenvalue weighted by atomic mass is 9.95. The summed E-state index contributed by atoms with van der Waals surface area (Å²) in [5.41, 5.74) is 7.66. The van der Waals surface area contributed by atoms with Gasteiger partial charge in [0.25, 0.3) is 0 Å². The lowest BCUT2D eigenvalue weighted by Gasteiger charge is -2.32. The predicted octanol–water partition coefficient (Wildman–Crippen LogP) is 1.06. The van der Waals surface area contributed by atoms with Crippen LogP contribution in [-0.2, 0) is 11.1 Å². The SMILES string of the molecule is [B]Cc1ccc(N2CCC(C(N)=O)CC2)cc1. The molecule has 88 valence electrons. The van der Waals surface area contributed by atoms with Crippen LogP contribution >= 0.6 is 0 Å². The van der Waals surface area contributed by atoms with Crippen molar-refractivity contribution in [3.05, 3.63) is 29.8 Å². The number of carbonyl (C=O) groups excluding carboxylic acids is 1. The molecule has 2 radical (unpaired) electrons. The molecule has 0 atom stereocenters. The molecule has 1 heterocycles. The second-order valence-electron chi connectivity index (χ2n) is 4.53. The summed E-state index contributed by atoms with van der Waals surface area (Å²) in [5, 5.41) is 0. The van der Waals surface area contributed by atoms with Crippen molar-refractivity contribution in [1.29, 1.82) is 0 Å². The average Bonchev–Trinajstić information content (AvgIpc) is 2.39. The van der Waals surface area contributed by atoms with E-state index in [9.17, 15) is 4.79 Å². The third-order valence-electron chi connectivity index (χ3n) is 3.43. The van der Waals surface area contributed by atoms with Gasteiger partial charge < -0.3 is 10.6 Å². The van der Waals surface area contributed by atoms with E-state index in [1.807, 2.05) is 0 Å². The Hall–Kier alpha value is -1.45. The van der Waals surface area contributed by atoms with Gasteiger partial charge in [0.05, 0.1) is 7.85 Å². The van der Waals surface area contributed by atoms with Gasteiger partial charge in [-0.15, -0.1) is 0 Å². The van der Waals surface area contributed by atoms with E-state index in [1.165, 1.54) is 5.69 Å². The minimum Gasteiger partial charge on any atom is -0.371 e. The fraction of sp³-hybridized carbons (Fsp3) is 0.462. The van der Waals surface area contributed by atoms with Crippen LogP contribution < -0.4 is 10.6 Å². The van der Waals surface area contributed by atoms with Crippen LogP contribution in [0.5, 0.6) is 0 Å². The number of amides is 1. The van der Waals surface area contributed by atoms with Crippen molar-refractivity contribution in [2.75, 3.05) is 18.0 Å². The summed E-state index contributed by atoms with van der Waals surface area (Å²) < 4.78 is 0. The Kier molecular flexibility index (Phi) is 3.72. The Morgan fingerprint density at radius 1 is 1.29 bits per heavy atom. The second kappa shape index (κ2) is 5.26. The van der Waals surface area contributed by atoms with Gasteiger partial charge in [0.1, 0.15) is 0 Å². The van der Waals surface area contributed by atoms with Gasteiger partial charge in [-0.3, -0.25) is 4.79 Å².